The van der Waals surface area contributed by atoms with Gasteiger partial charge in [-0.2, -0.15) is 0 Å². The van der Waals surface area contributed by atoms with E-state index in [1.807, 2.05) is 0 Å². The quantitative estimate of drug-likeness (QED) is 0.461. The van der Waals surface area contributed by atoms with E-state index in [0.717, 1.165) is 12.8 Å². The van der Waals surface area contributed by atoms with Crippen molar-refractivity contribution < 1.29 is 40.9 Å². The van der Waals surface area contributed by atoms with E-state index in [2.05, 4.69) is 0 Å². The summed E-state index contributed by atoms with van der Waals surface area (Å²) in [7, 11) is 0. The first kappa shape index (κ1) is 16.3. The molecule has 7 heteroatoms. The topological polar surface area (TPSA) is 127 Å². The van der Waals surface area contributed by atoms with Crippen LogP contribution in [0.15, 0.2) is 11.6 Å². The molecule has 0 heterocycles. The third-order valence-electron chi connectivity index (χ3n) is 3.02. The molecule has 2 atom stereocenters. The molecule has 2 unspecified atom stereocenters. The number of hydrogen-bond acceptors (Lipinski definition) is 4. The van der Waals surface area contributed by atoms with Gasteiger partial charge < -0.3 is 21.7 Å². The van der Waals surface area contributed by atoms with Gasteiger partial charge in [0.1, 0.15) is 0 Å². The molecule has 0 spiro atoms. The Bertz CT molecular complexity index is 345. The maximum Gasteiger partial charge on any atom is 0.333 e. The molecule has 1 saturated carbocycles. The summed E-state index contributed by atoms with van der Waals surface area (Å²) in [5.41, 5.74) is 10.2. The molecule has 0 amide bonds. The fourth-order valence-corrected chi connectivity index (χ4v) is 2.08. The van der Waals surface area contributed by atoms with E-state index < -0.39 is 23.5 Å². The van der Waals surface area contributed by atoms with Gasteiger partial charge in [0.05, 0.1) is 11.1 Å². The van der Waals surface area contributed by atoms with E-state index in [0.29, 0.717) is 18.9 Å². The van der Waals surface area contributed by atoms with Gasteiger partial charge in [-0.15, -0.1) is 0 Å². The van der Waals surface area contributed by atoms with Gasteiger partial charge in [-0.05, 0) is 12.8 Å². The van der Waals surface area contributed by atoms with Gasteiger partial charge in [0, 0.05) is 33.2 Å². The minimum absolute atomic E-state index is 0. The fraction of sp³-hybridized carbons (Fsp3) is 0.600. The van der Waals surface area contributed by atoms with Crippen LogP contribution in [0.3, 0.4) is 0 Å². The van der Waals surface area contributed by atoms with Crippen LogP contribution in [0.1, 0.15) is 25.7 Å². The summed E-state index contributed by atoms with van der Waals surface area (Å²) < 4.78 is 0. The molecule has 0 aromatic carbocycles. The molecule has 1 aliphatic rings. The van der Waals surface area contributed by atoms with Crippen LogP contribution in [-0.4, -0.2) is 33.7 Å². The first-order valence-electron chi connectivity index (χ1n) is 5.11. The molecule has 0 aromatic rings. The van der Waals surface area contributed by atoms with E-state index in [1.165, 1.54) is 0 Å². The van der Waals surface area contributed by atoms with Crippen LogP contribution < -0.4 is 11.5 Å². The van der Waals surface area contributed by atoms with Crippen molar-refractivity contribution in [2.24, 2.45) is 11.5 Å². The van der Waals surface area contributed by atoms with Crippen molar-refractivity contribution in [3.8, 4) is 0 Å². The molecule has 0 radical (unpaired) electrons. The Hall–Kier alpha value is -0.712. The van der Waals surface area contributed by atoms with E-state index >= 15 is 0 Å². The fourth-order valence-electron chi connectivity index (χ4n) is 2.08. The number of nitrogens with two attached hydrogens (primary N) is 2. The molecular formula is C10H16N2O4Pt. The molecule has 1 aliphatic carbocycles. The third kappa shape index (κ3) is 3.63. The van der Waals surface area contributed by atoms with Gasteiger partial charge in [0.15, 0.2) is 0 Å². The van der Waals surface area contributed by atoms with Gasteiger partial charge in [-0.25, -0.2) is 9.59 Å². The molecule has 6 nitrogen and oxygen atoms in total. The first-order valence-corrected chi connectivity index (χ1v) is 5.11. The number of aliphatic carboxylic acids is 2. The van der Waals surface area contributed by atoms with Crippen LogP contribution in [0.4, 0.5) is 0 Å². The number of carbonyl (C=O) groups is 2. The van der Waals surface area contributed by atoms with Gasteiger partial charge in [-0.3, -0.25) is 0 Å². The maximum absolute atomic E-state index is 11.0. The predicted molar refractivity (Wildman–Crippen MR) is 56.7 cm³/mol. The Labute approximate surface area is 113 Å². The molecule has 100 valence electrons. The summed E-state index contributed by atoms with van der Waals surface area (Å²) in [6, 6.07) is -0.511. The molecular weight excluding hydrogens is 407 g/mol. The number of hydrogen-bond donors (Lipinski definition) is 4. The minimum Gasteiger partial charge on any atom is -0.478 e. The zero-order valence-electron chi connectivity index (χ0n) is 9.16. The molecule has 0 bridgehead atoms. The summed E-state index contributed by atoms with van der Waals surface area (Å²) >= 11 is 0. The first-order chi connectivity index (χ1) is 7.38. The largest absolute Gasteiger partial charge is 0.478 e. The zero-order valence-corrected chi connectivity index (χ0v) is 11.4. The van der Waals surface area contributed by atoms with Crippen LogP contribution in [0.25, 0.3) is 0 Å². The van der Waals surface area contributed by atoms with Crippen LogP contribution in [-0.2, 0) is 30.7 Å². The third-order valence-corrected chi connectivity index (χ3v) is 3.02. The second-order valence-corrected chi connectivity index (χ2v) is 4.09. The van der Waals surface area contributed by atoms with Crippen molar-refractivity contribution in [3.63, 3.8) is 0 Å². The summed E-state index contributed by atoms with van der Waals surface area (Å²) in [6.07, 6.45) is 3.31. The molecule has 0 saturated heterocycles. The minimum atomic E-state index is -1.32. The predicted octanol–water partition coefficient (Wildman–Crippen LogP) is -0.322. The van der Waals surface area contributed by atoms with Gasteiger partial charge in [-0.1, -0.05) is 12.8 Å². The van der Waals surface area contributed by atoms with E-state index in [-0.39, 0.29) is 26.6 Å². The Morgan fingerprint density at radius 1 is 1.29 bits per heavy atom. The second kappa shape index (κ2) is 6.28. The average molecular weight is 423 g/mol. The SMILES string of the molecule is NC1CCCCC1(N)/C(=C\C(=O)O)C(=O)O.[Pt]. The molecule has 6 N–H and O–H groups in total. The standard InChI is InChI=1S/C10H16N2O4.Pt/c11-7-3-1-2-4-10(7,12)6(9(15)16)5-8(13)14;/h5,7H,1-4,11-12H2,(H,13,14)(H,15,16);/b6-5-;. The smallest absolute Gasteiger partial charge is 0.333 e. The maximum atomic E-state index is 11.0. The van der Waals surface area contributed by atoms with Gasteiger partial charge in [0.25, 0.3) is 0 Å². The van der Waals surface area contributed by atoms with E-state index in [4.69, 9.17) is 21.7 Å². The molecule has 0 aliphatic heterocycles. The second-order valence-electron chi connectivity index (χ2n) is 4.09. The van der Waals surface area contributed by atoms with Crippen LogP contribution in [0, 0.1) is 0 Å². The summed E-state index contributed by atoms with van der Waals surface area (Å²) in [5.74, 6) is -2.64. The van der Waals surface area contributed by atoms with Crippen molar-refractivity contribution in [3.05, 3.63) is 11.6 Å². The summed E-state index contributed by atoms with van der Waals surface area (Å²) in [5, 5.41) is 17.6. The van der Waals surface area contributed by atoms with E-state index in [1.54, 1.807) is 0 Å². The number of rotatable bonds is 3. The Kier molecular flexibility index (Phi) is 6.02. The van der Waals surface area contributed by atoms with Gasteiger partial charge in [0.2, 0.25) is 0 Å². The van der Waals surface area contributed by atoms with Crippen molar-refractivity contribution in [1.29, 1.82) is 0 Å². The molecule has 1 fully saturated rings. The van der Waals surface area contributed by atoms with Gasteiger partial charge >= 0.3 is 11.9 Å². The van der Waals surface area contributed by atoms with Crippen LogP contribution in [0.5, 0.6) is 0 Å². The molecule has 1 rings (SSSR count). The Morgan fingerprint density at radius 2 is 1.88 bits per heavy atom. The zero-order chi connectivity index (χ0) is 12.3. The van der Waals surface area contributed by atoms with Crippen molar-refractivity contribution in [1.82, 2.24) is 0 Å². The Balaban J connectivity index is 0.00000256. The summed E-state index contributed by atoms with van der Waals surface area (Å²) in [4.78, 5) is 21.6. The molecule has 17 heavy (non-hydrogen) atoms. The van der Waals surface area contributed by atoms with Crippen molar-refractivity contribution >= 4 is 11.9 Å². The van der Waals surface area contributed by atoms with Crippen molar-refractivity contribution in [2.75, 3.05) is 0 Å². The van der Waals surface area contributed by atoms with E-state index in [9.17, 15) is 9.59 Å². The van der Waals surface area contributed by atoms with Crippen LogP contribution in [0.2, 0.25) is 0 Å². The average Bonchev–Trinajstić information content (AvgIpc) is 2.18. The number of carboxylic acids is 2. The van der Waals surface area contributed by atoms with Crippen LogP contribution >= 0.6 is 0 Å². The summed E-state index contributed by atoms with van der Waals surface area (Å²) in [6.45, 7) is 0. The monoisotopic (exact) mass is 423 g/mol. The number of carboxylic acid groups (broad SMARTS) is 2. The van der Waals surface area contributed by atoms with Crippen molar-refractivity contribution in [2.45, 2.75) is 37.3 Å². The molecule has 0 aromatic heterocycles. The Morgan fingerprint density at radius 3 is 2.29 bits per heavy atom. The normalized spacial score (nSPS) is 29.3.